The van der Waals surface area contributed by atoms with Gasteiger partial charge in [0.15, 0.2) is 17.6 Å². The summed E-state index contributed by atoms with van der Waals surface area (Å²) in [6.07, 6.45) is -7.24. The van der Waals surface area contributed by atoms with E-state index in [1.54, 1.807) is 0 Å². The van der Waals surface area contributed by atoms with E-state index < -0.39 is 18.1 Å². The number of aliphatic hydroxyl groups is 1. The zero-order chi connectivity index (χ0) is 23.0. The first kappa shape index (κ1) is 21.7. The number of alkyl halides is 3. The molecule has 0 amide bonds. The summed E-state index contributed by atoms with van der Waals surface area (Å²) in [6, 6.07) is 7.88. The van der Waals surface area contributed by atoms with Crippen molar-refractivity contribution in [2.75, 3.05) is 12.8 Å². The minimum Gasteiger partial charge on any atom is -0.494 e. The van der Waals surface area contributed by atoms with Gasteiger partial charge in [-0.2, -0.15) is 17.7 Å². The van der Waals surface area contributed by atoms with Gasteiger partial charge in [-0.3, -0.25) is 0 Å². The minimum atomic E-state index is -4.72. The topological polar surface area (TPSA) is 111 Å². The number of hydrogen-bond donors (Lipinski definition) is 3. The van der Waals surface area contributed by atoms with Crippen LogP contribution in [0.25, 0.3) is 16.6 Å². The van der Waals surface area contributed by atoms with Crippen LogP contribution in [-0.4, -0.2) is 38.0 Å². The van der Waals surface area contributed by atoms with Crippen LogP contribution in [-0.2, 0) is 13.1 Å². The van der Waals surface area contributed by atoms with E-state index in [2.05, 4.69) is 20.4 Å². The first-order valence-electron chi connectivity index (χ1n) is 9.40. The molecule has 0 bridgehead atoms. The Bertz CT molecular complexity index is 1270. The Labute approximate surface area is 178 Å². The van der Waals surface area contributed by atoms with E-state index in [4.69, 9.17) is 10.5 Å². The zero-order valence-corrected chi connectivity index (χ0v) is 16.7. The molecule has 0 saturated heterocycles. The molecule has 32 heavy (non-hydrogen) atoms. The van der Waals surface area contributed by atoms with Gasteiger partial charge < -0.3 is 20.9 Å². The van der Waals surface area contributed by atoms with Crippen LogP contribution in [0.4, 0.5) is 23.5 Å². The maximum Gasteiger partial charge on any atom is 0.418 e. The lowest BCUT2D eigenvalue weighted by Crippen LogP contribution is -2.20. The lowest BCUT2D eigenvalue weighted by atomic mass is 10.1. The molecule has 2 aromatic heterocycles. The number of aromatic nitrogens is 4. The number of methoxy groups -OCH3 is 1. The highest BCUT2D eigenvalue weighted by Crippen LogP contribution is 2.32. The van der Waals surface area contributed by atoms with Crippen LogP contribution < -0.4 is 15.8 Å². The molecule has 4 N–H and O–H groups in total. The molecule has 168 valence electrons. The number of hydrogen-bond acceptors (Lipinski definition) is 7. The Morgan fingerprint density at radius 1 is 1.16 bits per heavy atom. The molecule has 0 unspecified atom stereocenters. The maximum atomic E-state index is 14.0. The van der Waals surface area contributed by atoms with Gasteiger partial charge in [0, 0.05) is 12.6 Å². The summed E-state index contributed by atoms with van der Waals surface area (Å²) >= 11 is 0. The number of halogens is 4. The number of benzene rings is 2. The molecule has 0 fully saturated rings. The lowest BCUT2D eigenvalue weighted by Gasteiger charge is -2.15. The molecular formula is C20H18F4N6O2. The van der Waals surface area contributed by atoms with Crippen LogP contribution in [0.5, 0.6) is 5.75 Å². The summed E-state index contributed by atoms with van der Waals surface area (Å²) in [6.45, 7) is 0.525. The van der Waals surface area contributed by atoms with Crippen molar-refractivity contribution in [3.63, 3.8) is 0 Å². The van der Waals surface area contributed by atoms with Crippen molar-refractivity contribution in [3.05, 3.63) is 59.2 Å². The van der Waals surface area contributed by atoms with Gasteiger partial charge in [-0.1, -0.05) is 24.3 Å². The second kappa shape index (κ2) is 8.20. The number of aliphatic hydroxyl groups excluding tert-OH is 1. The summed E-state index contributed by atoms with van der Waals surface area (Å²) in [5, 5.41) is 17.0. The van der Waals surface area contributed by atoms with Gasteiger partial charge in [0.1, 0.15) is 17.1 Å². The highest BCUT2D eigenvalue weighted by molar-refractivity contribution is 5.95. The summed E-state index contributed by atoms with van der Waals surface area (Å²) in [7, 11) is 1.39. The third-order valence-electron chi connectivity index (χ3n) is 4.81. The molecule has 1 atom stereocenters. The number of anilines is 1. The molecule has 0 aliphatic carbocycles. The fourth-order valence-electron chi connectivity index (χ4n) is 3.27. The van der Waals surface area contributed by atoms with E-state index in [9.17, 15) is 22.7 Å². The van der Waals surface area contributed by atoms with E-state index >= 15 is 0 Å². The standard InChI is InChI=1S/C20H18F4N6O2/c1-32-14-7-12(21)6-13-16(14)28-19(25)30-18(13)27-15(29-30)9-26-8-10-2-4-11(5-3-10)17(31)20(22,23)24/h2-7,17,26,31H,8-9H2,1H3,(H2,25,28)/t17-/m0/s1. The second-order valence-electron chi connectivity index (χ2n) is 7.03. The monoisotopic (exact) mass is 450 g/mol. The molecule has 4 aromatic rings. The molecule has 0 aliphatic heterocycles. The largest absolute Gasteiger partial charge is 0.494 e. The molecule has 8 nitrogen and oxygen atoms in total. The van der Waals surface area contributed by atoms with Crippen LogP contribution in [0.1, 0.15) is 23.1 Å². The average molecular weight is 450 g/mol. The fraction of sp³-hybridized carbons (Fsp3) is 0.250. The van der Waals surface area contributed by atoms with Crippen molar-refractivity contribution in [2.45, 2.75) is 25.4 Å². The molecule has 0 aliphatic rings. The third kappa shape index (κ3) is 4.14. The first-order chi connectivity index (χ1) is 15.2. The molecule has 4 rings (SSSR count). The quantitative estimate of drug-likeness (QED) is 0.388. The van der Waals surface area contributed by atoms with E-state index in [1.165, 1.54) is 48.0 Å². The highest BCUT2D eigenvalue weighted by atomic mass is 19.4. The number of nitrogens with zero attached hydrogens (tertiary/aromatic N) is 4. The van der Waals surface area contributed by atoms with Gasteiger partial charge in [0.25, 0.3) is 0 Å². The smallest absolute Gasteiger partial charge is 0.418 e. The normalized spacial score (nSPS) is 13.1. The van der Waals surface area contributed by atoms with Crippen molar-refractivity contribution in [3.8, 4) is 5.75 Å². The molecule has 2 aromatic carbocycles. The zero-order valence-electron chi connectivity index (χ0n) is 16.7. The molecule has 12 heteroatoms. The van der Waals surface area contributed by atoms with Gasteiger partial charge in [0.05, 0.1) is 19.0 Å². The van der Waals surface area contributed by atoms with Crippen molar-refractivity contribution in [1.29, 1.82) is 0 Å². The van der Waals surface area contributed by atoms with Crippen molar-refractivity contribution in [2.24, 2.45) is 0 Å². The predicted molar refractivity (Wildman–Crippen MR) is 107 cm³/mol. The summed E-state index contributed by atoms with van der Waals surface area (Å²) in [5.74, 6) is 0.105. The average Bonchev–Trinajstić information content (AvgIpc) is 3.18. The van der Waals surface area contributed by atoms with Gasteiger partial charge >= 0.3 is 6.18 Å². The number of nitrogens with two attached hydrogens (primary N) is 1. The van der Waals surface area contributed by atoms with Gasteiger partial charge in [-0.25, -0.2) is 14.4 Å². The Morgan fingerprint density at radius 3 is 2.53 bits per heavy atom. The fourth-order valence-corrected chi connectivity index (χ4v) is 3.27. The van der Waals surface area contributed by atoms with E-state index in [0.717, 1.165) is 0 Å². The van der Waals surface area contributed by atoms with E-state index in [1.807, 2.05) is 0 Å². The number of fused-ring (bicyclic) bond motifs is 3. The van der Waals surface area contributed by atoms with Crippen LogP contribution in [0.2, 0.25) is 0 Å². The summed E-state index contributed by atoms with van der Waals surface area (Å²) in [4.78, 5) is 8.63. The summed E-state index contributed by atoms with van der Waals surface area (Å²) in [5.41, 5.74) is 7.10. The van der Waals surface area contributed by atoms with Gasteiger partial charge in [-0.05, 0) is 17.2 Å². The van der Waals surface area contributed by atoms with Crippen LogP contribution >= 0.6 is 0 Å². The molecule has 0 spiro atoms. The Kier molecular flexibility index (Phi) is 5.57. The number of nitrogens with one attached hydrogen (secondary N) is 1. The van der Waals surface area contributed by atoms with Gasteiger partial charge in [-0.15, -0.1) is 5.10 Å². The Morgan fingerprint density at radius 2 is 1.88 bits per heavy atom. The maximum absolute atomic E-state index is 14.0. The third-order valence-corrected chi connectivity index (χ3v) is 4.81. The molecule has 0 radical (unpaired) electrons. The van der Waals surface area contributed by atoms with Crippen molar-refractivity contribution >= 4 is 22.5 Å². The molecule has 0 saturated carbocycles. The van der Waals surface area contributed by atoms with Crippen LogP contribution in [0.15, 0.2) is 36.4 Å². The number of ether oxygens (including phenoxy) is 1. The van der Waals surface area contributed by atoms with E-state index in [-0.39, 0.29) is 23.8 Å². The first-order valence-corrected chi connectivity index (χ1v) is 9.40. The minimum absolute atomic E-state index is 0.0509. The van der Waals surface area contributed by atoms with Crippen LogP contribution in [0, 0.1) is 5.82 Å². The summed E-state index contributed by atoms with van der Waals surface area (Å²) < 4.78 is 58.2. The van der Waals surface area contributed by atoms with Crippen molar-refractivity contribution in [1.82, 2.24) is 24.9 Å². The highest BCUT2D eigenvalue weighted by Gasteiger charge is 2.39. The second-order valence-corrected chi connectivity index (χ2v) is 7.03. The van der Waals surface area contributed by atoms with E-state index in [0.29, 0.717) is 34.5 Å². The number of nitrogen functional groups attached to an aromatic ring is 1. The van der Waals surface area contributed by atoms with Crippen LogP contribution in [0.3, 0.4) is 0 Å². The SMILES string of the molecule is COc1cc(F)cc2c1nc(N)n1nc(CNCc3ccc([C@H](O)C(F)(F)F)cc3)nc21. The Balaban J connectivity index is 1.51. The lowest BCUT2D eigenvalue weighted by molar-refractivity contribution is -0.206. The molecular weight excluding hydrogens is 432 g/mol. The van der Waals surface area contributed by atoms with Crippen molar-refractivity contribution < 1.29 is 27.4 Å². The predicted octanol–water partition coefficient (Wildman–Crippen LogP) is 2.89. The molecule has 2 heterocycles. The number of rotatable bonds is 6. The Hall–Kier alpha value is -3.51. The van der Waals surface area contributed by atoms with Gasteiger partial charge in [0.2, 0.25) is 5.95 Å².